The van der Waals surface area contributed by atoms with Crippen LogP contribution in [-0.4, -0.2) is 16.5 Å². The topological polar surface area (TPSA) is 93.3 Å². The molecule has 1 aliphatic heterocycles. The van der Waals surface area contributed by atoms with Crippen LogP contribution in [0, 0.1) is 0 Å². The van der Waals surface area contributed by atoms with Crippen LogP contribution in [0.3, 0.4) is 0 Å². The van der Waals surface area contributed by atoms with E-state index in [-0.39, 0.29) is 17.3 Å². The first-order chi connectivity index (χ1) is 12.0. The number of carbonyl (C=O) groups is 2. The number of furan rings is 1. The van der Waals surface area contributed by atoms with Crippen molar-refractivity contribution in [3.05, 3.63) is 69.8 Å². The molecule has 25 heavy (non-hydrogen) atoms. The minimum absolute atomic E-state index is 0.0204. The van der Waals surface area contributed by atoms with Crippen molar-refractivity contribution < 1.29 is 14.0 Å². The van der Waals surface area contributed by atoms with Gasteiger partial charge in [0.1, 0.15) is 16.4 Å². The van der Waals surface area contributed by atoms with Crippen molar-refractivity contribution in [3.63, 3.8) is 0 Å². The summed E-state index contributed by atoms with van der Waals surface area (Å²) < 4.78 is 7.06. The van der Waals surface area contributed by atoms with E-state index >= 15 is 0 Å². The van der Waals surface area contributed by atoms with Gasteiger partial charge in [-0.2, -0.15) is 0 Å². The van der Waals surface area contributed by atoms with Gasteiger partial charge in [0.25, 0.3) is 11.5 Å². The summed E-state index contributed by atoms with van der Waals surface area (Å²) in [5.74, 6) is -0.354. The first-order valence-electron chi connectivity index (χ1n) is 7.47. The number of benzene rings is 1. The van der Waals surface area contributed by atoms with Crippen molar-refractivity contribution in [2.24, 2.45) is 0 Å². The number of carbonyl (C=O) groups excluding carboxylic acids is 2. The van der Waals surface area contributed by atoms with Crippen LogP contribution in [0.4, 0.5) is 4.79 Å². The number of para-hydroxylation sites is 1. The van der Waals surface area contributed by atoms with Gasteiger partial charge in [0.2, 0.25) is 0 Å². The largest absolute Gasteiger partial charge is 0.458 e. The molecule has 2 N–H and O–H groups in total. The number of pyridine rings is 1. The van der Waals surface area contributed by atoms with Gasteiger partial charge in [-0.25, -0.2) is 4.79 Å². The number of aromatic nitrogens is 1. The Morgan fingerprint density at radius 2 is 1.92 bits per heavy atom. The molecule has 0 radical (unpaired) electrons. The van der Waals surface area contributed by atoms with Crippen LogP contribution < -0.4 is 16.2 Å². The highest BCUT2D eigenvalue weighted by atomic mass is 35.5. The van der Waals surface area contributed by atoms with Gasteiger partial charge in [0, 0.05) is 11.6 Å². The molecular formula is C17H12ClN3O4. The van der Waals surface area contributed by atoms with Crippen molar-refractivity contribution in [3.8, 4) is 0 Å². The molecule has 4 rings (SSSR count). The molecule has 7 nitrogen and oxygen atoms in total. The maximum atomic E-state index is 12.6. The Bertz CT molecular complexity index is 1040. The van der Waals surface area contributed by atoms with E-state index in [1.807, 2.05) is 12.1 Å². The maximum Gasteiger partial charge on any atom is 0.322 e. The van der Waals surface area contributed by atoms with Crippen LogP contribution in [0.2, 0.25) is 5.02 Å². The molecule has 1 aliphatic rings. The summed E-state index contributed by atoms with van der Waals surface area (Å²) in [6.45, 7) is -0.149. The van der Waals surface area contributed by atoms with E-state index < -0.39 is 23.0 Å². The third-order valence-corrected chi connectivity index (χ3v) is 4.46. The number of nitrogens with zero attached hydrogens (tertiary/aromatic N) is 1. The minimum atomic E-state index is -1.54. The van der Waals surface area contributed by atoms with Gasteiger partial charge >= 0.3 is 6.03 Å². The van der Waals surface area contributed by atoms with Crippen LogP contribution in [0.5, 0.6) is 0 Å². The quantitative estimate of drug-likeness (QED) is 0.701. The Labute approximate surface area is 146 Å². The Hall–Kier alpha value is -3.06. The maximum absolute atomic E-state index is 12.6. The van der Waals surface area contributed by atoms with E-state index in [9.17, 15) is 14.4 Å². The number of hydrogen-bond acceptors (Lipinski definition) is 4. The molecule has 3 heterocycles. The van der Waals surface area contributed by atoms with Crippen LogP contribution in [0.1, 0.15) is 5.76 Å². The Balaban J connectivity index is 1.88. The van der Waals surface area contributed by atoms with E-state index in [1.54, 1.807) is 24.3 Å². The van der Waals surface area contributed by atoms with Gasteiger partial charge in [0.15, 0.2) is 5.54 Å². The van der Waals surface area contributed by atoms with Gasteiger partial charge in [-0.1, -0.05) is 29.8 Å². The van der Waals surface area contributed by atoms with E-state index in [4.69, 9.17) is 16.0 Å². The second-order valence-electron chi connectivity index (χ2n) is 5.75. The minimum Gasteiger partial charge on any atom is -0.458 e. The van der Waals surface area contributed by atoms with Gasteiger partial charge in [0.05, 0.1) is 6.54 Å². The number of hydrogen-bond donors (Lipinski definition) is 2. The van der Waals surface area contributed by atoms with Crippen molar-refractivity contribution in [2.45, 2.75) is 12.1 Å². The van der Waals surface area contributed by atoms with Gasteiger partial charge in [-0.15, -0.1) is 0 Å². The zero-order valence-corrected chi connectivity index (χ0v) is 13.5. The summed E-state index contributed by atoms with van der Waals surface area (Å²) in [4.78, 5) is 36.6. The summed E-state index contributed by atoms with van der Waals surface area (Å²) in [6.07, 6.45) is 1.50. The zero-order chi connectivity index (χ0) is 17.6. The van der Waals surface area contributed by atoms with Gasteiger partial charge in [-0.3, -0.25) is 14.9 Å². The van der Waals surface area contributed by atoms with Crippen molar-refractivity contribution in [1.82, 2.24) is 15.2 Å². The molecule has 3 amide bonds. The zero-order valence-electron chi connectivity index (χ0n) is 12.8. The lowest BCUT2D eigenvalue weighted by Gasteiger charge is -2.24. The molecule has 1 saturated heterocycles. The molecule has 0 saturated carbocycles. The number of rotatable bonds is 3. The number of urea groups is 1. The normalized spacial score (nSPS) is 19.9. The summed E-state index contributed by atoms with van der Waals surface area (Å²) in [5, 5.41) is 5.60. The fourth-order valence-corrected chi connectivity index (χ4v) is 3.12. The average molecular weight is 358 g/mol. The highest BCUT2D eigenvalue weighted by molar-refractivity contribution is 6.30. The Kier molecular flexibility index (Phi) is 3.40. The molecule has 1 atom stereocenters. The predicted octanol–water partition coefficient (Wildman–Crippen LogP) is 1.98. The Morgan fingerprint density at radius 1 is 1.12 bits per heavy atom. The molecule has 126 valence electrons. The average Bonchev–Trinajstić information content (AvgIpc) is 3.13. The van der Waals surface area contributed by atoms with E-state index in [0.717, 1.165) is 5.39 Å². The molecular weight excluding hydrogens is 346 g/mol. The lowest BCUT2D eigenvalue weighted by Crippen LogP contribution is -2.48. The summed E-state index contributed by atoms with van der Waals surface area (Å²) in [5.41, 5.74) is -1.43. The molecule has 1 fully saturated rings. The predicted molar refractivity (Wildman–Crippen MR) is 90.3 cm³/mol. The highest BCUT2D eigenvalue weighted by Gasteiger charge is 2.51. The summed E-state index contributed by atoms with van der Waals surface area (Å²) in [7, 11) is 0. The first kappa shape index (κ1) is 15.5. The van der Waals surface area contributed by atoms with E-state index in [0.29, 0.717) is 5.58 Å². The number of amides is 3. The van der Waals surface area contributed by atoms with Crippen LogP contribution in [0.25, 0.3) is 11.0 Å². The van der Waals surface area contributed by atoms with Gasteiger partial charge < -0.3 is 14.3 Å². The standard InChI is InChI=1S/C17H12ClN3O4/c18-11-5-3-7-21(14(11)22)9-17(15(23)19-16(24)20-17)13-8-10-4-1-2-6-12(10)25-13/h1-8H,9H2,(H2,19,20,23,24)/t17-/m0/s1. The molecule has 8 heteroatoms. The number of nitrogens with one attached hydrogen (secondary N) is 2. The monoisotopic (exact) mass is 357 g/mol. The lowest BCUT2D eigenvalue weighted by molar-refractivity contribution is -0.125. The second-order valence-corrected chi connectivity index (χ2v) is 6.16. The molecule has 0 bridgehead atoms. The lowest BCUT2D eigenvalue weighted by atomic mass is 9.95. The highest BCUT2D eigenvalue weighted by Crippen LogP contribution is 2.32. The number of halogens is 1. The molecule has 0 spiro atoms. The summed E-state index contributed by atoms with van der Waals surface area (Å²) in [6, 6.07) is 11.3. The van der Waals surface area contributed by atoms with Crippen molar-refractivity contribution >= 4 is 34.5 Å². The SMILES string of the molecule is O=C1NC(=O)[C@](Cn2cccc(Cl)c2=O)(c2cc3ccccc3o2)N1. The Morgan fingerprint density at radius 3 is 2.64 bits per heavy atom. The molecule has 2 aromatic heterocycles. The van der Waals surface area contributed by atoms with E-state index in [1.165, 1.54) is 16.8 Å². The smallest absolute Gasteiger partial charge is 0.322 e. The van der Waals surface area contributed by atoms with E-state index in [2.05, 4.69) is 10.6 Å². The fourth-order valence-electron chi connectivity index (χ4n) is 2.93. The molecule has 3 aromatic rings. The van der Waals surface area contributed by atoms with Crippen molar-refractivity contribution in [2.75, 3.05) is 0 Å². The van der Waals surface area contributed by atoms with Crippen LogP contribution >= 0.6 is 11.6 Å². The third-order valence-electron chi connectivity index (χ3n) is 4.17. The third kappa shape index (κ3) is 2.40. The van der Waals surface area contributed by atoms with Crippen LogP contribution in [-0.2, 0) is 16.9 Å². The fraction of sp³-hybridized carbons (Fsp3) is 0.118. The molecule has 1 aromatic carbocycles. The summed E-state index contributed by atoms with van der Waals surface area (Å²) >= 11 is 5.88. The van der Waals surface area contributed by atoms with Gasteiger partial charge in [-0.05, 0) is 24.3 Å². The first-order valence-corrected chi connectivity index (χ1v) is 7.85. The van der Waals surface area contributed by atoms with Crippen LogP contribution in [0.15, 0.2) is 57.9 Å². The number of imide groups is 1. The van der Waals surface area contributed by atoms with Crippen molar-refractivity contribution in [1.29, 1.82) is 0 Å². The number of fused-ring (bicyclic) bond motifs is 1. The second kappa shape index (κ2) is 5.49. The molecule has 0 unspecified atom stereocenters. The molecule has 0 aliphatic carbocycles.